The van der Waals surface area contributed by atoms with E-state index in [-0.39, 0.29) is 5.75 Å². The normalized spacial score (nSPS) is 11.2. The standard InChI is InChI=1S/C17H17NO2/c1-18(2)14-9-7-13(8-10-14)15(11-12-19)16-5-3-4-6-17(16)20/h3-12,20H,1-2H3. The van der Waals surface area contributed by atoms with Crippen molar-refractivity contribution in [3.63, 3.8) is 0 Å². The van der Waals surface area contributed by atoms with E-state index in [0.29, 0.717) is 11.1 Å². The van der Waals surface area contributed by atoms with Crippen LogP contribution in [0.5, 0.6) is 5.75 Å². The smallest absolute Gasteiger partial charge is 0.143 e. The lowest BCUT2D eigenvalue weighted by Gasteiger charge is -2.14. The first-order valence-corrected chi connectivity index (χ1v) is 6.35. The summed E-state index contributed by atoms with van der Waals surface area (Å²) >= 11 is 0. The number of para-hydroxylation sites is 1. The Morgan fingerprint density at radius 3 is 2.25 bits per heavy atom. The maximum atomic E-state index is 10.9. The van der Waals surface area contributed by atoms with E-state index in [1.807, 2.05) is 49.3 Å². The van der Waals surface area contributed by atoms with Crippen LogP contribution in [0.1, 0.15) is 11.1 Å². The van der Waals surface area contributed by atoms with Crippen molar-refractivity contribution in [3.05, 3.63) is 65.7 Å². The largest absolute Gasteiger partial charge is 0.507 e. The van der Waals surface area contributed by atoms with Gasteiger partial charge in [-0.25, -0.2) is 0 Å². The lowest BCUT2D eigenvalue weighted by molar-refractivity contribution is -0.104. The number of benzene rings is 2. The van der Waals surface area contributed by atoms with E-state index in [4.69, 9.17) is 0 Å². The molecule has 0 unspecified atom stereocenters. The van der Waals surface area contributed by atoms with Gasteiger partial charge in [0.05, 0.1) is 0 Å². The van der Waals surface area contributed by atoms with Crippen molar-refractivity contribution < 1.29 is 9.90 Å². The molecular weight excluding hydrogens is 250 g/mol. The predicted molar refractivity (Wildman–Crippen MR) is 82.0 cm³/mol. The Hall–Kier alpha value is -2.55. The van der Waals surface area contributed by atoms with Gasteiger partial charge >= 0.3 is 0 Å². The van der Waals surface area contributed by atoms with Crippen LogP contribution in [0, 0.1) is 0 Å². The number of carbonyl (C=O) groups excluding carboxylic acids is 1. The van der Waals surface area contributed by atoms with Crippen molar-refractivity contribution in [2.45, 2.75) is 0 Å². The molecule has 1 N–H and O–H groups in total. The van der Waals surface area contributed by atoms with Gasteiger partial charge in [-0.2, -0.15) is 0 Å². The lowest BCUT2D eigenvalue weighted by Crippen LogP contribution is -2.08. The molecule has 2 aromatic carbocycles. The molecule has 0 fully saturated rings. The second-order valence-electron chi connectivity index (χ2n) is 4.67. The van der Waals surface area contributed by atoms with Gasteiger partial charge in [-0.15, -0.1) is 0 Å². The molecule has 0 aromatic heterocycles. The van der Waals surface area contributed by atoms with Crippen molar-refractivity contribution in [3.8, 4) is 5.75 Å². The van der Waals surface area contributed by atoms with Gasteiger partial charge in [-0.1, -0.05) is 30.3 Å². The summed E-state index contributed by atoms with van der Waals surface area (Å²) in [4.78, 5) is 12.9. The number of phenols is 1. The zero-order chi connectivity index (χ0) is 14.5. The molecule has 0 amide bonds. The predicted octanol–water partition coefficient (Wildman–Crippen LogP) is 3.09. The van der Waals surface area contributed by atoms with Crippen LogP contribution in [-0.4, -0.2) is 25.5 Å². The lowest BCUT2D eigenvalue weighted by atomic mass is 9.96. The molecule has 0 radical (unpaired) electrons. The molecule has 2 rings (SSSR count). The van der Waals surface area contributed by atoms with Gasteiger partial charge in [-0.05, 0) is 35.4 Å². The summed E-state index contributed by atoms with van der Waals surface area (Å²) in [5, 5.41) is 9.95. The second kappa shape index (κ2) is 6.06. The molecule has 0 spiro atoms. The molecule has 0 saturated carbocycles. The summed E-state index contributed by atoms with van der Waals surface area (Å²) < 4.78 is 0. The number of phenolic OH excluding ortho intramolecular Hbond substituents is 1. The molecule has 0 saturated heterocycles. The van der Waals surface area contributed by atoms with Gasteiger partial charge in [-0.3, -0.25) is 4.79 Å². The minimum Gasteiger partial charge on any atom is -0.507 e. The third-order valence-corrected chi connectivity index (χ3v) is 3.12. The number of rotatable bonds is 4. The molecule has 2 aromatic rings. The third-order valence-electron chi connectivity index (χ3n) is 3.12. The highest BCUT2D eigenvalue weighted by molar-refractivity contribution is 5.91. The summed E-state index contributed by atoms with van der Waals surface area (Å²) in [5.41, 5.74) is 3.33. The second-order valence-corrected chi connectivity index (χ2v) is 4.67. The molecule has 3 heteroatoms. The van der Waals surface area contributed by atoms with E-state index in [2.05, 4.69) is 0 Å². The van der Waals surface area contributed by atoms with Gasteiger partial charge in [0.25, 0.3) is 0 Å². The zero-order valence-electron chi connectivity index (χ0n) is 11.6. The maximum Gasteiger partial charge on any atom is 0.143 e. The number of nitrogens with zero attached hydrogens (tertiary/aromatic N) is 1. The Balaban J connectivity index is 2.47. The fraction of sp³-hybridized carbons (Fsp3) is 0.118. The van der Waals surface area contributed by atoms with E-state index in [9.17, 15) is 9.90 Å². The van der Waals surface area contributed by atoms with Crippen LogP contribution in [0.25, 0.3) is 5.57 Å². The molecular formula is C17H17NO2. The van der Waals surface area contributed by atoms with Gasteiger partial charge in [0.2, 0.25) is 0 Å². The third kappa shape index (κ3) is 2.88. The average molecular weight is 267 g/mol. The molecule has 0 atom stereocenters. The number of aldehydes is 1. The molecule has 3 nitrogen and oxygen atoms in total. The Morgan fingerprint density at radius 2 is 1.70 bits per heavy atom. The first-order valence-electron chi connectivity index (χ1n) is 6.35. The van der Waals surface area contributed by atoms with Crippen LogP contribution in [0.15, 0.2) is 54.6 Å². The van der Waals surface area contributed by atoms with Gasteiger partial charge in [0.1, 0.15) is 12.0 Å². The number of allylic oxidation sites excluding steroid dienone is 1. The Bertz CT molecular complexity index is 628. The van der Waals surface area contributed by atoms with E-state index >= 15 is 0 Å². The van der Waals surface area contributed by atoms with Crippen LogP contribution in [0.3, 0.4) is 0 Å². The van der Waals surface area contributed by atoms with Crippen molar-refractivity contribution in [1.82, 2.24) is 0 Å². The first-order chi connectivity index (χ1) is 9.63. The molecule has 0 aliphatic heterocycles. The Kier molecular flexibility index (Phi) is 4.20. The van der Waals surface area contributed by atoms with Crippen molar-refractivity contribution in [2.24, 2.45) is 0 Å². The van der Waals surface area contributed by atoms with Gasteiger partial charge in [0.15, 0.2) is 0 Å². The number of aromatic hydroxyl groups is 1. The van der Waals surface area contributed by atoms with E-state index in [1.54, 1.807) is 18.2 Å². The number of anilines is 1. The highest BCUT2D eigenvalue weighted by Crippen LogP contribution is 2.30. The monoisotopic (exact) mass is 267 g/mol. The van der Waals surface area contributed by atoms with E-state index < -0.39 is 0 Å². The molecule has 0 aliphatic carbocycles. The highest BCUT2D eigenvalue weighted by atomic mass is 16.3. The molecule has 102 valence electrons. The quantitative estimate of drug-likeness (QED) is 0.683. The average Bonchev–Trinajstić information content (AvgIpc) is 2.46. The minimum absolute atomic E-state index is 0.164. The number of hydrogen-bond acceptors (Lipinski definition) is 3. The van der Waals surface area contributed by atoms with E-state index in [1.165, 1.54) is 6.08 Å². The highest BCUT2D eigenvalue weighted by Gasteiger charge is 2.09. The van der Waals surface area contributed by atoms with Crippen molar-refractivity contribution in [2.75, 3.05) is 19.0 Å². The summed E-state index contributed by atoms with van der Waals surface area (Å²) in [6.07, 6.45) is 2.21. The van der Waals surface area contributed by atoms with E-state index in [0.717, 1.165) is 17.5 Å². The fourth-order valence-electron chi connectivity index (χ4n) is 2.05. The first kappa shape index (κ1) is 13.9. The molecule has 20 heavy (non-hydrogen) atoms. The number of carbonyl (C=O) groups is 1. The van der Waals surface area contributed by atoms with Crippen LogP contribution in [0.4, 0.5) is 5.69 Å². The fourth-order valence-corrected chi connectivity index (χ4v) is 2.05. The minimum atomic E-state index is 0.164. The van der Waals surface area contributed by atoms with Crippen molar-refractivity contribution >= 4 is 17.5 Å². The summed E-state index contributed by atoms with van der Waals surface area (Å²) in [6, 6.07) is 14.8. The topological polar surface area (TPSA) is 40.5 Å². The Labute approximate surface area is 118 Å². The molecule has 0 aliphatic rings. The van der Waals surface area contributed by atoms with Crippen molar-refractivity contribution in [1.29, 1.82) is 0 Å². The summed E-state index contributed by atoms with van der Waals surface area (Å²) in [5.74, 6) is 0.164. The Morgan fingerprint density at radius 1 is 1.05 bits per heavy atom. The molecule has 0 bridgehead atoms. The van der Waals surface area contributed by atoms with Gasteiger partial charge in [0, 0.05) is 25.3 Å². The van der Waals surface area contributed by atoms with Crippen LogP contribution in [0.2, 0.25) is 0 Å². The maximum absolute atomic E-state index is 10.9. The van der Waals surface area contributed by atoms with Crippen LogP contribution in [-0.2, 0) is 4.79 Å². The van der Waals surface area contributed by atoms with Gasteiger partial charge < -0.3 is 10.0 Å². The SMILES string of the molecule is CN(C)c1ccc(C(=CC=O)c2ccccc2O)cc1. The molecule has 0 heterocycles. The summed E-state index contributed by atoms with van der Waals surface area (Å²) in [6.45, 7) is 0. The zero-order valence-corrected chi connectivity index (χ0v) is 11.6. The van der Waals surface area contributed by atoms with Crippen LogP contribution >= 0.6 is 0 Å². The number of hydrogen-bond donors (Lipinski definition) is 1. The summed E-state index contributed by atoms with van der Waals surface area (Å²) in [7, 11) is 3.94. The van der Waals surface area contributed by atoms with Crippen LogP contribution < -0.4 is 4.90 Å².